The van der Waals surface area contributed by atoms with Crippen molar-refractivity contribution in [3.63, 3.8) is 0 Å². The fraction of sp³-hybridized carbons (Fsp3) is 0.500. The Kier molecular flexibility index (Phi) is 5.17. The van der Waals surface area contributed by atoms with Gasteiger partial charge in [-0.2, -0.15) is 13.2 Å². The van der Waals surface area contributed by atoms with Gasteiger partial charge in [0.2, 0.25) is 10.0 Å². The number of halogens is 3. The lowest BCUT2D eigenvalue weighted by atomic mass is 10.2. The molecule has 10 heteroatoms. The molecule has 1 aromatic rings. The maximum atomic E-state index is 12.6. The first-order valence-corrected chi connectivity index (χ1v) is 7.35. The Bertz CT molecular complexity index is 560. The molecular weight excluding hydrogens is 297 g/mol. The van der Waals surface area contributed by atoms with Crippen molar-refractivity contribution >= 4 is 21.7 Å². The fourth-order valence-electron chi connectivity index (χ4n) is 1.40. The molecule has 0 radical (unpaired) electrons. The quantitative estimate of drug-likeness (QED) is 0.687. The maximum Gasteiger partial charge on any atom is 0.416 e. The largest absolute Gasteiger partial charge is 0.416 e. The van der Waals surface area contributed by atoms with Gasteiger partial charge in [0.05, 0.1) is 11.3 Å². The number of nitrogens with one attached hydrogen (secondary N) is 2. The Morgan fingerprint density at radius 2 is 1.90 bits per heavy atom. The number of primary sulfonamides is 1. The van der Waals surface area contributed by atoms with Crippen molar-refractivity contribution in [2.45, 2.75) is 12.6 Å². The molecule has 114 valence electrons. The Balaban J connectivity index is 2.75. The van der Waals surface area contributed by atoms with E-state index >= 15 is 0 Å². The summed E-state index contributed by atoms with van der Waals surface area (Å²) in [4.78, 5) is 3.90. The molecular formula is C10H15F3N4O2S. The van der Waals surface area contributed by atoms with Gasteiger partial charge in [0, 0.05) is 13.6 Å². The van der Waals surface area contributed by atoms with Crippen LogP contribution in [0, 0.1) is 0 Å². The number of hydrogen-bond acceptors (Lipinski definition) is 5. The van der Waals surface area contributed by atoms with Gasteiger partial charge in [-0.15, -0.1) is 0 Å². The number of hydrogen-bond donors (Lipinski definition) is 3. The van der Waals surface area contributed by atoms with Crippen LogP contribution >= 0.6 is 0 Å². The summed E-state index contributed by atoms with van der Waals surface area (Å²) in [7, 11) is -2.12. The molecule has 1 rings (SSSR count). The second-order valence-corrected chi connectivity index (χ2v) is 5.76. The molecule has 1 heterocycles. The van der Waals surface area contributed by atoms with Gasteiger partial charge in [-0.3, -0.25) is 0 Å². The van der Waals surface area contributed by atoms with Crippen LogP contribution in [0.15, 0.2) is 12.1 Å². The minimum Gasteiger partial charge on any atom is -0.373 e. The molecule has 0 aliphatic carbocycles. The molecule has 0 aliphatic heterocycles. The smallest absolute Gasteiger partial charge is 0.373 e. The van der Waals surface area contributed by atoms with Crippen LogP contribution in [0.2, 0.25) is 0 Å². The highest BCUT2D eigenvalue weighted by Crippen LogP contribution is 2.31. The number of rotatable bonds is 6. The van der Waals surface area contributed by atoms with Gasteiger partial charge in [0.15, 0.2) is 0 Å². The van der Waals surface area contributed by atoms with Gasteiger partial charge in [0.25, 0.3) is 0 Å². The third-order valence-electron chi connectivity index (χ3n) is 2.32. The Hall–Kier alpha value is -1.55. The Morgan fingerprint density at radius 1 is 1.30 bits per heavy atom. The molecule has 1 aromatic heterocycles. The third-order valence-corrected chi connectivity index (χ3v) is 3.18. The normalized spacial score (nSPS) is 12.2. The van der Waals surface area contributed by atoms with E-state index in [1.54, 1.807) is 0 Å². The third kappa shape index (κ3) is 5.61. The lowest BCUT2D eigenvalue weighted by molar-refractivity contribution is -0.137. The lowest BCUT2D eigenvalue weighted by Gasteiger charge is -2.12. The molecule has 0 amide bonds. The molecule has 0 spiro atoms. The van der Waals surface area contributed by atoms with Crippen LogP contribution in [-0.2, 0) is 16.2 Å². The van der Waals surface area contributed by atoms with E-state index in [2.05, 4.69) is 15.6 Å². The summed E-state index contributed by atoms with van der Waals surface area (Å²) in [5.41, 5.74) is -0.842. The SMILES string of the molecule is CNc1cc(C(F)(F)F)cc(NCCCS(N)(=O)=O)n1. The van der Waals surface area contributed by atoms with Crippen molar-refractivity contribution in [2.24, 2.45) is 5.14 Å². The number of alkyl halides is 3. The van der Waals surface area contributed by atoms with Crippen LogP contribution in [0.5, 0.6) is 0 Å². The van der Waals surface area contributed by atoms with Crippen molar-refractivity contribution in [1.82, 2.24) is 4.98 Å². The number of anilines is 2. The molecule has 0 unspecified atom stereocenters. The molecule has 0 aromatic carbocycles. The number of aromatic nitrogens is 1. The standard InChI is InChI=1S/C10H15F3N4O2S/c1-15-8-5-7(10(11,12)13)6-9(17-8)16-3-2-4-20(14,18)19/h5-6H,2-4H2,1H3,(H2,14,18,19)(H2,15,16,17). The first-order valence-electron chi connectivity index (χ1n) is 5.63. The summed E-state index contributed by atoms with van der Waals surface area (Å²) >= 11 is 0. The number of sulfonamides is 1. The highest BCUT2D eigenvalue weighted by molar-refractivity contribution is 7.89. The van der Waals surface area contributed by atoms with Crippen LogP contribution in [0.4, 0.5) is 24.8 Å². The zero-order valence-electron chi connectivity index (χ0n) is 10.7. The first-order chi connectivity index (χ1) is 9.12. The van der Waals surface area contributed by atoms with Crippen molar-refractivity contribution < 1.29 is 21.6 Å². The van der Waals surface area contributed by atoms with E-state index in [4.69, 9.17) is 5.14 Å². The maximum absolute atomic E-state index is 12.6. The number of pyridine rings is 1. The minimum absolute atomic E-state index is 0.0126. The summed E-state index contributed by atoms with van der Waals surface area (Å²) < 4.78 is 59.4. The summed E-state index contributed by atoms with van der Waals surface area (Å²) in [6.07, 6.45) is -4.31. The monoisotopic (exact) mass is 312 g/mol. The van der Waals surface area contributed by atoms with Gasteiger partial charge in [-0.05, 0) is 18.6 Å². The predicted molar refractivity (Wildman–Crippen MR) is 69.9 cm³/mol. The molecule has 0 saturated heterocycles. The van der Waals surface area contributed by atoms with Gasteiger partial charge in [0.1, 0.15) is 11.6 Å². The number of nitrogens with two attached hydrogens (primary N) is 1. The zero-order valence-corrected chi connectivity index (χ0v) is 11.5. The van der Waals surface area contributed by atoms with Crippen LogP contribution in [0.3, 0.4) is 0 Å². The Labute approximate surface area is 114 Å². The van der Waals surface area contributed by atoms with Gasteiger partial charge >= 0.3 is 6.18 Å². The molecule has 0 fully saturated rings. The van der Waals surface area contributed by atoms with Gasteiger partial charge in [-0.25, -0.2) is 18.5 Å². The van der Waals surface area contributed by atoms with Gasteiger partial charge < -0.3 is 10.6 Å². The molecule has 0 aliphatic rings. The van der Waals surface area contributed by atoms with E-state index in [1.165, 1.54) is 7.05 Å². The van der Waals surface area contributed by atoms with E-state index in [-0.39, 0.29) is 30.4 Å². The van der Waals surface area contributed by atoms with Crippen molar-refractivity contribution in [2.75, 3.05) is 30.0 Å². The molecule has 0 bridgehead atoms. The minimum atomic E-state index is -4.48. The second kappa shape index (κ2) is 6.27. The predicted octanol–water partition coefficient (Wildman–Crippen LogP) is 1.23. The van der Waals surface area contributed by atoms with Gasteiger partial charge in [-0.1, -0.05) is 0 Å². The molecule has 20 heavy (non-hydrogen) atoms. The van der Waals surface area contributed by atoms with Crippen molar-refractivity contribution in [1.29, 1.82) is 0 Å². The average Bonchev–Trinajstić information content (AvgIpc) is 2.32. The van der Waals surface area contributed by atoms with Crippen LogP contribution in [0.1, 0.15) is 12.0 Å². The van der Waals surface area contributed by atoms with E-state index in [9.17, 15) is 21.6 Å². The summed E-state index contributed by atoms with van der Waals surface area (Å²) in [5, 5.41) is 9.97. The molecule has 4 N–H and O–H groups in total. The van der Waals surface area contributed by atoms with Crippen molar-refractivity contribution in [3.05, 3.63) is 17.7 Å². The topological polar surface area (TPSA) is 97.1 Å². The summed E-state index contributed by atoms with van der Waals surface area (Å²) in [6, 6.07) is 1.74. The number of nitrogens with zero attached hydrogens (tertiary/aromatic N) is 1. The van der Waals surface area contributed by atoms with E-state index in [0.29, 0.717) is 0 Å². The van der Waals surface area contributed by atoms with E-state index in [0.717, 1.165) is 12.1 Å². The highest BCUT2D eigenvalue weighted by atomic mass is 32.2. The van der Waals surface area contributed by atoms with Crippen LogP contribution in [0.25, 0.3) is 0 Å². The lowest BCUT2D eigenvalue weighted by Crippen LogP contribution is -2.19. The molecule has 0 atom stereocenters. The van der Waals surface area contributed by atoms with Crippen molar-refractivity contribution in [3.8, 4) is 0 Å². The van der Waals surface area contributed by atoms with Crippen LogP contribution in [-0.4, -0.2) is 32.7 Å². The zero-order chi connectivity index (χ0) is 15.4. The Morgan fingerprint density at radius 3 is 2.40 bits per heavy atom. The van der Waals surface area contributed by atoms with E-state index in [1.807, 2.05) is 0 Å². The molecule has 0 saturated carbocycles. The summed E-state index contributed by atoms with van der Waals surface area (Å²) in [5.74, 6) is -0.176. The highest BCUT2D eigenvalue weighted by Gasteiger charge is 2.31. The second-order valence-electron chi connectivity index (χ2n) is 4.02. The fourth-order valence-corrected chi connectivity index (χ4v) is 1.95. The van der Waals surface area contributed by atoms with E-state index < -0.39 is 21.8 Å². The molecule has 6 nitrogen and oxygen atoms in total. The average molecular weight is 312 g/mol. The first kappa shape index (κ1) is 16.5. The summed E-state index contributed by atoms with van der Waals surface area (Å²) in [6.45, 7) is 0.147. The van der Waals surface area contributed by atoms with Crippen LogP contribution < -0.4 is 15.8 Å².